The summed E-state index contributed by atoms with van der Waals surface area (Å²) >= 11 is 18.5. The number of benzene rings is 2. The molecular weight excluding hydrogens is 521 g/mol. The van der Waals surface area contributed by atoms with E-state index in [1.807, 2.05) is 0 Å². The summed E-state index contributed by atoms with van der Waals surface area (Å²) < 4.78 is 26.0. The van der Waals surface area contributed by atoms with Gasteiger partial charge in [-0.3, -0.25) is 13.9 Å². The minimum absolute atomic E-state index is 0.0123. The van der Waals surface area contributed by atoms with Crippen LogP contribution >= 0.6 is 34.8 Å². The number of likely N-dealkylation sites (N-methyl/N-ethyl adjacent to an activating group) is 1. The first-order valence-corrected chi connectivity index (χ1v) is 13.7. The lowest BCUT2D eigenvalue weighted by Gasteiger charge is -2.29. The molecule has 0 aliphatic carbocycles. The Morgan fingerprint density at radius 2 is 1.74 bits per heavy atom. The highest BCUT2D eigenvalue weighted by Crippen LogP contribution is 2.31. The second-order valence-electron chi connectivity index (χ2n) is 7.72. The first kappa shape index (κ1) is 28.2. The lowest BCUT2D eigenvalue weighted by atomic mass is 10.1. The van der Waals surface area contributed by atoms with Crippen LogP contribution in [0, 0.1) is 0 Å². The number of rotatable bonds is 11. The summed E-state index contributed by atoms with van der Waals surface area (Å²) in [5.74, 6) is -0.587. The van der Waals surface area contributed by atoms with Gasteiger partial charge in [0.1, 0.15) is 6.04 Å². The molecule has 2 rings (SSSR count). The molecule has 0 heterocycles. The van der Waals surface area contributed by atoms with E-state index in [9.17, 15) is 18.0 Å². The van der Waals surface area contributed by atoms with Crippen LogP contribution in [0.1, 0.15) is 32.3 Å². The van der Waals surface area contributed by atoms with Crippen molar-refractivity contribution in [2.75, 3.05) is 23.7 Å². The van der Waals surface area contributed by atoms with Crippen LogP contribution in [0.2, 0.25) is 15.1 Å². The minimum Gasteiger partial charge on any atom is -0.355 e. The Morgan fingerprint density at radius 1 is 1.06 bits per heavy atom. The number of hydrogen-bond donors (Lipinski definition) is 1. The molecule has 0 spiro atoms. The number of sulfonamides is 1. The topological polar surface area (TPSA) is 86.8 Å². The number of halogens is 3. The second kappa shape index (κ2) is 12.6. The van der Waals surface area contributed by atoms with Gasteiger partial charge in [0.05, 0.1) is 17.0 Å². The molecule has 0 fully saturated rings. The van der Waals surface area contributed by atoms with Gasteiger partial charge in [0, 0.05) is 36.1 Å². The molecule has 186 valence electrons. The van der Waals surface area contributed by atoms with E-state index < -0.39 is 16.1 Å². The molecule has 7 nitrogen and oxygen atoms in total. The normalized spacial score (nSPS) is 12.2. The Morgan fingerprint density at radius 3 is 2.35 bits per heavy atom. The molecule has 0 aromatic heterocycles. The number of amides is 2. The maximum Gasteiger partial charge on any atom is 0.242 e. The van der Waals surface area contributed by atoms with Crippen LogP contribution < -0.4 is 9.62 Å². The molecule has 0 bridgehead atoms. The van der Waals surface area contributed by atoms with E-state index in [-0.39, 0.29) is 48.5 Å². The molecular formula is C23H28Cl3N3O4S. The van der Waals surface area contributed by atoms with Gasteiger partial charge in [-0.2, -0.15) is 0 Å². The highest BCUT2D eigenvalue weighted by Gasteiger charge is 2.27. The van der Waals surface area contributed by atoms with Crippen LogP contribution in [0.3, 0.4) is 0 Å². The Labute approximate surface area is 216 Å². The van der Waals surface area contributed by atoms with Gasteiger partial charge in [0.15, 0.2) is 0 Å². The summed E-state index contributed by atoms with van der Waals surface area (Å²) in [5, 5.41) is 3.78. The fourth-order valence-corrected chi connectivity index (χ4v) is 4.97. The summed E-state index contributed by atoms with van der Waals surface area (Å²) in [6.07, 6.45) is 1.28. The Hall–Kier alpha value is -2.00. The van der Waals surface area contributed by atoms with E-state index in [0.29, 0.717) is 22.2 Å². The first-order valence-electron chi connectivity index (χ1n) is 10.7. The molecule has 11 heteroatoms. The first-order chi connectivity index (χ1) is 16.0. The molecule has 0 radical (unpaired) electrons. The van der Waals surface area contributed by atoms with Crippen molar-refractivity contribution in [1.29, 1.82) is 0 Å². The average molecular weight is 549 g/mol. The molecule has 0 saturated carbocycles. The predicted molar refractivity (Wildman–Crippen MR) is 138 cm³/mol. The van der Waals surface area contributed by atoms with Gasteiger partial charge < -0.3 is 10.2 Å². The van der Waals surface area contributed by atoms with Crippen molar-refractivity contribution >= 4 is 62.3 Å². The van der Waals surface area contributed by atoms with Crippen LogP contribution in [0.5, 0.6) is 0 Å². The van der Waals surface area contributed by atoms with E-state index in [2.05, 4.69) is 5.32 Å². The number of nitrogens with zero attached hydrogens (tertiary/aromatic N) is 2. The van der Waals surface area contributed by atoms with Gasteiger partial charge in [-0.1, -0.05) is 53.0 Å². The van der Waals surface area contributed by atoms with E-state index in [1.165, 1.54) is 17.0 Å². The van der Waals surface area contributed by atoms with Gasteiger partial charge in [-0.05, 0) is 50.1 Å². The van der Waals surface area contributed by atoms with Crippen LogP contribution in [0.15, 0.2) is 42.5 Å². The fourth-order valence-electron chi connectivity index (χ4n) is 3.37. The summed E-state index contributed by atoms with van der Waals surface area (Å²) in [4.78, 5) is 27.1. The van der Waals surface area contributed by atoms with Crippen LogP contribution in [0.4, 0.5) is 5.69 Å². The monoisotopic (exact) mass is 547 g/mol. The molecule has 0 aliphatic rings. The van der Waals surface area contributed by atoms with Gasteiger partial charge in [-0.15, -0.1) is 0 Å². The van der Waals surface area contributed by atoms with Gasteiger partial charge in [-0.25, -0.2) is 8.42 Å². The standard InChI is InChI=1S/C23H28Cl3N3O4S/c1-4-27-23(31)16(2)28(15-17-8-5-6-9-19(17)25)22(30)10-7-13-29(34(3,32)33)21-14-18(24)11-12-20(21)26/h5-6,8-9,11-12,14,16H,4,7,10,13,15H2,1-3H3,(H,27,31)/t16-/m1/s1. The van der Waals surface area contributed by atoms with Gasteiger partial charge in [0.25, 0.3) is 0 Å². The average Bonchev–Trinajstić information content (AvgIpc) is 2.76. The third-order valence-electron chi connectivity index (χ3n) is 5.15. The minimum atomic E-state index is -3.68. The predicted octanol–water partition coefficient (Wildman–Crippen LogP) is 4.75. The van der Waals surface area contributed by atoms with Crippen molar-refractivity contribution in [3.63, 3.8) is 0 Å². The van der Waals surface area contributed by atoms with Gasteiger partial charge in [0.2, 0.25) is 21.8 Å². The molecule has 0 aliphatic heterocycles. The Kier molecular flexibility index (Phi) is 10.5. The number of carbonyl (C=O) groups is 2. The molecule has 1 N–H and O–H groups in total. The SMILES string of the molecule is CCNC(=O)[C@@H](C)N(Cc1ccccc1Cl)C(=O)CCCN(c1cc(Cl)ccc1Cl)S(C)(=O)=O. The van der Waals surface area contributed by atoms with Crippen molar-refractivity contribution in [2.24, 2.45) is 0 Å². The van der Waals surface area contributed by atoms with E-state index >= 15 is 0 Å². The van der Waals surface area contributed by atoms with Crippen LogP contribution in [0.25, 0.3) is 0 Å². The lowest BCUT2D eigenvalue weighted by molar-refractivity contribution is -0.140. The van der Waals surface area contributed by atoms with Crippen LogP contribution in [-0.4, -0.2) is 50.5 Å². The zero-order valence-corrected chi connectivity index (χ0v) is 22.3. The smallest absolute Gasteiger partial charge is 0.242 e. The third kappa shape index (κ3) is 7.77. The van der Waals surface area contributed by atoms with Gasteiger partial charge >= 0.3 is 0 Å². The zero-order valence-electron chi connectivity index (χ0n) is 19.2. The summed E-state index contributed by atoms with van der Waals surface area (Å²) in [7, 11) is -3.68. The Balaban J connectivity index is 2.20. The molecule has 1 atom stereocenters. The molecule has 2 aromatic carbocycles. The van der Waals surface area contributed by atoms with Crippen molar-refractivity contribution in [2.45, 2.75) is 39.3 Å². The largest absolute Gasteiger partial charge is 0.355 e. The highest BCUT2D eigenvalue weighted by atomic mass is 35.5. The zero-order chi connectivity index (χ0) is 25.5. The second-order valence-corrected chi connectivity index (χ2v) is 10.9. The van der Waals surface area contributed by atoms with Crippen molar-refractivity contribution in [1.82, 2.24) is 10.2 Å². The van der Waals surface area contributed by atoms with Crippen molar-refractivity contribution < 1.29 is 18.0 Å². The van der Waals surface area contributed by atoms with E-state index in [1.54, 1.807) is 44.2 Å². The maximum absolute atomic E-state index is 13.2. The molecule has 2 aromatic rings. The highest BCUT2D eigenvalue weighted by molar-refractivity contribution is 7.92. The van der Waals surface area contributed by atoms with Crippen molar-refractivity contribution in [3.05, 3.63) is 63.1 Å². The maximum atomic E-state index is 13.2. The number of carbonyl (C=O) groups excluding carboxylic acids is 2. The van der Waals surface area contributed by atoms with Crippen LogP contribution in [-0.2, 0) is 26.2 Å². The molecule has 34 heavy (non-hydrogen) atoms. The number of anilines is 1. The van der Waals surface area contributed by atoms with Crippen molar-refractivity contribution in [3.8, 4) is 0 Å². The summed E-state index contributed by atoms with van der Waals surface area (Å²) in [6.45, 7) is 4.04. The number of hydrogen-bond acceptors (Lipinski definition) is 4. The third-order valence-corrected chi connectivity index (χ3v) is 7.25. The lowest BCUT2D eigenvalue weighted by Crippen LogP contribution is -2.47. The number of nitrogens with one attached hydrogen (secondary N) is 1. The van der Waals surface area contributed by atoms with E-state index in [0.717, 1.165) is 10.6 Å². The molecule has 2 amide bonds. The Bertz CT molecular complexity index is 1130. The summed E-state index contributed by atoms with van der Waals surface area (Å²) in [6, 6.07) is 10.9. The fraction of sp³-hybridized carbons (Fsp3) is 0.391. The quantitative estimate of drug-likeness (QED) is 0.439. The van der Waals surface area contributed by atoms with E-state index in [4.69, 9.17) is 34.8 Å². The summed E-state index contributed by atoms with van der Waals surface area (Å²) in [5.41, 5.74) is 0.949. The molecule has 0 saturated heterocycles. The molecule has 0 unspecified atom stereocenters.